The maximum absolute atomic E-state index is 9.00. The summed E-state index contributed by atoms with van der Waals surface area (Å²) in [6.45, 7) is 2.63. The van der Waals surface area contributed by atoms with Crippen molar-refractivity contribution in [1.29, 1.82) is 0 Å². The molecule has 76 valence electrons. The molecule has 0 aromatic heterocycles. The monoisotopic (exact) mass is 193 g/mol. The third-order valence-corrected chi connectivity index (χ3v) is 2.43. The van der Waals surface area contributed by atoms with Crippen molar-refractivity contribution in [2.75, 3.05) is 19.7 Å². The third kappa shape index (κ3) is 2.12. The molecule has 1 aliphatic heterocycles. The molecular formula is C11H15NO2. The summed E-state index contributed by atoms with van der Waals surface area (Å²) in [5, 5.41) is 12.3. The number of rotatable bonds is 2. The van der Waals surface area contributed by atoms with Crippen LogP contribution in [0.15, 0.2) is 24.3 Å². The van der Waals surface area contributed by atoms with E-state index in [1.54, 1.807) is 0 Å². The Kier molecular flexibility index (Phi) is 3.14. The van der Waals surface area contributed by atoms with Crippen LogP contribution in [0.25, 0.3) is 0 Å². The molecular weight excluding hydrogens is 178 g/mol. The molecule has 2 N–H and O–H groups in total. The SMILES string of the molecule is OCc1cccc(C2CNCCO2)c1. The molecule has 1 heterocycles. The van der Waals surface area contributed by atoms with E-state index in [9.17, 15) is 0 Å². The summed E-state index contributed by atoms with van der Waals surface area (Å²) in [6, 6.07) is 7.91. The smallest absolute Gasteiger partial charge is 0.0949 e. The van der Waals surface area contributed by atoms with Crippen molar-refractivity contribution in [3.63, 3.8) is 0 Å². The van der Waals surface area contributed by atoms with E-state index in [1.807, 2.05) is 24.3 Å². The molecule has 14 heavy (non-hydrogen) atoms. The number of hydrogen-bond donors (Lipinski definition) is 2. The number of nitrogens with one attached hydrogen (secondary N) is 1. The Morgan fingerprint density at radius 2 is 2.43 bits per heavy atom. The van der Waals surface area contributed by atoms with Crippen LogP contribution < -0.4 is 5.32 Å². The zero-order chi connectivity index (χ0) is 9.80. The lowest BCUT2D eigenvalue weighted by Crippen LogP contribution is -2.33. The molecule has 0 radical (unpaired) electrons. The maximum atomic E-state index is 9.00. The van der Waals surface area contributed by atoms with E-state index >= 15 is 0 Å². The summed E-state index contributed by atoms with van der Waals surface area (Å²) in [6.07, 6.45) is 0.134. The number of hydrogen-bond acceptors (Lipinski definition) is 3. The van der Waals surface area contributed by atoms with Gasteiger partial charge in [0.05, 0.1) is 19.3 Å². The van der Waals surface area contributed by atoms with Gasteiger partial charge >= 0.3 is 0 Å². The van der Waals surface area contributed by atoms with Crippen LogP contribution in [0.1, 0.15) is 17.2 Å². The van der Waals surface area contributed by atoms with Crippen molar-refractivity contribution in [3.05, 3.63) is 35.4 Å². The molecule has 1 unspecified atom stereocenters. The fourth-order valence-electron chi connectivity index (χ4n) is 1.67. The Morgan fingerprint density at radius 3 is 3.14 bits per heavy atom. The Hall–Kier alpha value is -0.900. The first-order valence-electron chi connectivity index (χ1n) is 4.92. The molecule has 0 saturated carbocycles. The van der Waals surface area contributed by atoms with E-state index in [0.29, 0.717) is 0 Å². The largest absolute Gasteiger partial charge is 0.392 e. The Balaban J connectivity index is 2.13. The van der Waals surface area contributed by atoms with Gasteiger partial charge in [-0.15, -0.1) is 0 Å². The topological polar surface area (TPSA) is 41.5 Å². The second kappa shape index (κ2) is 4.55. The van der Waals surface area contributed by atoms with Crippen molar-refractivity contribution >= 4 is 0 Å². The highest BCUT2D eigenvalue weighted by Gasteiger charge is 2.15. The van der Waals surface area contributed by atoms with E-state index < -0.39 is 0 Å². The number of ether oxygens (including phenoxy) is 1. The molecule has 1 aromatic rings. The number of aliphatic hydroxyl groups excluding tert-OH is 1. The molecule has 3 heteroatoms. The molecule has 3 nitrogen and oxygen atoms in total. The fourth-order valence-corrected chi connectivity index (χ4v) is 1.67. The Morgan fingerprint density at radius 1 is 1.50 bits per heavy atom. The highest BCUT2D eigenvalue weighted by atomic mass is 16.5. The zero-order valence-electron chi connectivity index (χ0n) is 8.07. The molecule has 0 amide bonds. The fraction of sp³-hybridized carbons (Fsp3) is 0.455. The van der Waals surface area contributed by atoms with Crippen molar-refractivity contribution in [2.45, 2.75) is 12.7 Å². The van der Waals surface area contributed by atoms with Crippen molar-refractivity contribution in [1.82, 2.24) is 5.32 Å². The van der Waals surface area contributed by atoms with E-state index in [0.717, 1.165) is 30.8 Å². The molecule has 1 aromatic carbocycles. The maximum Gasteiger partial charge on any atom is 0.0949 e. The summed E-state index contributed by atoms with van der Waals surface area (Å²) in [4.78, 5) is 0. The van der Waals surface area contributed by atoms with Gasteiger partial charge in [-0.2, -0.15) is 0 Å². The van der Waals surface area contributed by atoms with Crippen molar-refractivity contribution in [2.24, 2.45) is 0 Å². The van der Waals surface area contributed by atoms with Gasteiger partial charge in [-0.3, -0.25) is 0 Å². The van der Waals surface area contributed by atoms with E-state index in [2.05, 4.69) is 5.32 Å². The minimum absolute atomic E-state index is 0.0913. The summed E-state index contributed by atoms with van der Waals surface area (Å²) in [5.41, 5.74) is 2.08. The van der Waals surface area contributed by atoms with Crippen LogP contribution in [0.3, 0.4) is 0 Å². The van der Waals surface area contributed by atoms with Crippen LogP contribution in [-0.4, -0.2) is 24.8 Å². The highest BCUT2D eigenvalue weighted by molar-refractivity contribution is 5.25. The van der Waals surface area contributed by atoms with E-state index in [-0.39, 0.29) is 12.7 Å². The molecule has 2 rings (SSSR count). The normalized spacial score (nSPS) is 22.2. The summed E-state index contributed by atoms with van der Waals surface area (Å²) < 4.78 is 5.62. The molecule has 0 bridgehead atoms. The van der Waals surface area contributed by atoms with Gasteiger partial charge in [0.25, 0.3) is 0 Å². The highest BCUT2D eigenvalue weighted by Crippen LogP contribution is 2.19. The van der Waals surface area contributed by atoms with Crippen LogP contribution >= 0.6 is 0 Å². The number of aliphatic hydroxyl groups is 1. The van der Waals surface area contributed by atoms with Crippen molar-refractivity contribution < 1.29 is 9.84 Å². The molecule has 1 atom stereocenters. The minimum Gasteiger partial charge on any atom is -0.392 e. The van der Waals surface area contributed by atoms with E-state index in [4.69, 9.17) is 9.84 Å². The quantitative estimate of drug-likeness (QED) is 0.731. The van der Waals surface area contributed by atoms with Crippen LogP contribution in [0.5, 0.6) is 0 Å². The summed E-state index contributed by atoms with van der Waals surface area (Å²) in [7, 11) is 0. The molecule has 1 aliphatic rings. The predicted molar refractivity (Wildman–Crippen MR) is 53.9 cm³/mol. The van der Waals surface area contributed by atoms with E-state index in [1.165, 1.54) is 0 Å². The van der Waals surface area contributed by atoms with Gasteiger partial charge in [0.15, 0.2) is 0 Å². The van der Waals surface area contributed by atoms with Crippen molar-refractivity contribution in [3.8, 4) is 0 Å². The first-order chi connectivity index (χ1) is 6.90. The lowest BCUT2D eigenvalue weighted by molar-refractivity contribution is 0.0276. The summed E-state index contributed by atoms with van der Waals surface area (Å²) >= 11 is 0. The second-order valence-electron chi connectivity index (χ2n) is 3.47. The lowest BCUT2D eigenvalue weighted by atomic mass is 10.1. The average Bonchev–Trinajstić information content (AvgIpc) is 2.30. The average molecular weight is 193 g/mol. The van der Waals surface area contributed by atoms with Gasteiger partial charge in [0, 0.05) is 13.1 Å². The minimum atomic E-state index is 0.0913. The second-order valence-corrected chi connectivity index (χ2v) is 3.47. The van der Waals surface area contributed by atoms with Gasteiger partial charge in [0.2, 0.25) is 0 Å². The molecule has 0 spiro atoms. The lowest BCUT2D eigenvalue weighted by Gasteiger charge is -2.24. The van der Waals surface area contributed by atoms with Crippen LogP contribution in [0.2, 0.25) is 0 Å². The number of morpholine rings is 1. The molecule has 1 fully saturated rings. The Bertz CT molecular complexity index is 295. The van der Waals surface area contributed by atoms with Crippen LogP contribution in [0.4, 0.5) is 0 Å². The third-order valence-electron chi connectivity index (χ3n) is 2.43. The molecule has 1 saturated heterocycles. The standard InChI is InChI=1S/C11H15NO2/c13-8-9-2-1-3-10(6-9)11-7-12-4-5-14-11/h1-3,6,11-13H,4-5,7-8H2. The predicted octanol–water partition coefficient (Wildman–Crippen LogP) is 0.840. The van der Waals surface area contributed by atoms with Gasteiger partial charge < -0.3 is 15.2 Å². The van der Waals surface area contributed by atoms with Gasteiger partial charge in [0.1, 0.15) is 0 Å². The van der Waals surface area contributed by atoms with Gasteiger partial charge in [-0.05, 0) is 11.1 Å². The Labute approximate surface area is 83.7 Å². The van der Waals surface area contributed by atoms with Crippen LogP contribution in [-0.2, 0) is 11.3 Å². The molecule has 0 aliphatic carbocycles. The number of benzene rings is 1. The first-order valence-corrected chi connectivity index (χ1v) is 4.92. The van der Waals surface area contributed by atoms with Crippen LogP contribution in [0, 0.1) is 0 Å². The van der Waals surface area contributed by atoms with Gasteiger partial charge in [-0.25, -0.2) is 0 Å². The first kappa shape index (κ1) is 9.65. The van der Waals surface area contributed by atoms with Gasteiger partial charge in [-0.1, -0.05) is 24.3 Å². The zero-order valence-corrected chi connectivity index (χ0v) is 8.07. The summed E-state index contributed by atoms with van der Waals surface area (Å²) in [5.74, 6) is 0.